The molecule has 0 aliphatic rings. The van der Waals surface area contributed by atoms with Crippen LogP contribution in [0.5, 0.6) is 0 Å². The Bertz CT molecular complexity index is 1860. The minimum absolute atomic E-state index is 1.23. The van der Waals surface area contributed by atoms with Gasteiger partial charge in [0.05, 0.1) is 0 Å². The van der Waals surface area contributed by atoms with Gasteiger partial charge in [0.2, 0.25) is 0 Å². The molecule has 37 heavy (non-hydrogen) atoms. The summed E-state index contributed by atoms with van der Waals surface area (Å²) in [5.41, 5.74) is 9.96. The molecule has 0 amide bonds. The second kappa shape index (κ2) is 9.20. The highest BCUT2D eigenvalue weighted by atomic mass is 32.1. The second-order valence-corrected chi connectivity index (χ2v) is 10.4. The Morgan fingerprint density at radius 2 is 0.946 bits per heavy atom. The first-order chi connectivity index (χ1) is 18.3. The molecule has 1 heteroatoms. The van der Waals surface area contributed by atoms with Gasteiger partial charge in [0.25, 0.3) is 0 Å². The van der Waals surface area contributed by atoms with Gasteiger partial charge < -0.3 is 0 Å². The zero-order valence-electron chi connectivity index (χ0n) is 20.3. The Balaban J connectivity index is 1.40. The molecule has 0 aliphatic carbocycles. The summed E-state index contributed by atoms with van der Waals surface area (Å²) in [6.45, 7) is 0. The van der Waals surface area contributed by atoms with E-state index in [4.69, 9.17) is 0 Å². The first-order valence-corrected chi connectivity index (χ1v) is 13.4. The van der Waals surface area contributed by atoms with E-state index in [0.29, 0.717) is 0 Å². The molecule has 1 heterocycles. The zero-order chi connectivity index (χ0) is 24.6. The summed E-state index contributed by atoms with van der Waals surface area (Å²) >= 11 is 1.88. The maximum absolute atomic E-state index is 2.35. The van der Waals surface area contributed by atoms with E-state index in [0.717, 1.165) is 0 Å². The zero-order valence-corrected chi connectivity index (χ0v) is 21.1. The van der Waals surface area contributed by atoms with Crippen molar-refractivity contribution in [2.75, 3.05) is 0 Å². The third kappa shape index (κ3) is 3.94. The molecule has 0 aliphatic heterocycles. The minimum atomic E-state index is 1.23. The molecule has 7 aromatic rings. The van der Waals surface area contributed by atoms with Crippen molar-refractivity contribution in [3.05, 3.63) is 146 Å². The predicted octanol–water partition coefficient (Wildman–Crippen LogP) is 10.7. The van der Waals surface area contributed by atoms with Crippen LogP contribution in [0.3, 0.4) is 0 Å². The van der Waals surface area contributed by atoms with E-state index >= 15 is 0 Å². The summed E-state index contributed by atoms with van der Waals surface area (Å²) in [4.78, 5) is 0. The van der Waals surface area contributed by atoms with Gasteiger partial charge in [-0.15, -0.1) is 11.3 Å². The average Bonchev–Trinajstić information content (AvgIpc) is 3.37. The standard InChI is InChI=1S/C36H24S/c1-3-11-25(12-4-1)27-21-22-30(34(24-27)26-13-5-2-6-14-26)28-15-9-16-29(23-28)31-18-10-19-33-32-17-7-8-20-35(32)37-36(31)33/h1-24H. The lowest BCUT2D eigenvalue weighted by Gasteiger charge is -2.14. The van der Waals surface area contributed by atoms with Gasteiger partial charge in [-0.1, -0.05) is 127 Å². The molecule has 0 spiro atoms. The fourth-order valence-electron chi connectivity index (χ4n) is 5.29. The van der Waals surface area contributed by atoms with Gasteiger partial charge in [-0.05, 0) is 62.7 Å². The number of hydrogen-bond donors (Lipinski definition) is 0. The van der Waals surface area contributed by atoms with Crippen molar-refractivity contribution in [2.45, 2.75) is 0 Å². The Morgan fingerprint density at radius 3 is 1.76 bits per heavy atom. The van der Waals surface area contributed by atoms with Crippen molar-refractivity contribution in [2.24, 2.45) is 0 Å². The maximum atomic E-state index is 2.35. The van der Waals surface area contributed by atoms with Crippen LogP contribution in [0.2, 0.25) is 0 Å². The van der Waals surface area contributed by atoms with Crippen molar-refractivity contribution in [1.82, 2.24) is 0 Å². The molecule has 0 N–H and O–H groups in total. The van der Waals surface area contributed by atoms with Gasteiger partial charge >= 0.3 is 0 Å². The molecule has 0 unspecified atom stereocenters. The van der Waals surface area contributed by atoms with Crippen molar-refractivity contribution >= 4 is 31.5 Å². The fraction of sp³-hybridized carbons (Fsp3) is 0. The van der Waals surface area contributed by atoms with E-state index in [1.165, 1.54) is 64.7 Å². The summed E-state index contributed by atoms with van der Waals surface area (Å²) in [5, 5.41) is 2.67. The highest BCUT2D eigenvalue weighted by Crippen LogP contribution is 2.42. The van der Waals surface area contributed by atoms with E-state index in [-0.39, 0.29) is 0 Å². The molecule has 0 atom stereocenters. The number of thiophene rings is 1. The Morgan fingerprint density at radius 1 is 0.324 bits per heavy atom. The third-order valence-electron chi connectivity index (χ3n) is 7.10. The number of benzene rings is 6. The monoisotopic (exact) mass is 488 g/mol. The van der Waals surface area contributed by atoms with Crippen molar-refractivity contribution < 1.29 is 0 Å². The lowest BCUT2D eigenvalue weighted by atomic mass is 9.90. The summed E-state index contributed by atoms with van der Waals surface area (Å²) in [7, 11) is 0. The Labute approximate surface area is 221 Å². The molecule has 0 bridgehead atoms. The average molecular weight is 489 g/mol. The highest BCUT2D eigenvalue weighted by Gasteiger charge is 2.13. The Hall–Kier alpha value is -4.46. The van der Waals surface area contributed by atoms with E-state index in [9.17, 15) is 0 Å². The highest BCUT2D eigenvalue weighted by molar-refractivity contribution is 7.26. The van der Waals surface area contributed by atoms with Gasteiger partial charge in [-0.3, -0.25) is 0 Å². The van der Waals surface area contributed by atoms with Crippen molar-refractivity contribution in [3.8, 4) is 44.5 Å². The quantitative estimate of drug-likeness (QED) is 0.231. The molecule has 7 rings (SSSR count). The minimum Gasteiger partial charge on any atom is -0.135 e. The molecule has 6 aromatic carbocycles. The van der Waals surface area contributed by atoms with Crippen LogP contribution in [0.4, 0.5) is 0 Å². The van der Waals surface area contributed by atoms with E-state index in [1.54, 1.807) is 0 Å². The van der Waals surface area contributed by atoms with Crippen LogP contribution in [0.1, 0.15) is 0 Å². The summed E-state index contributed by atoms with van der Waals surface area (Å²) in [6, 6.07) is 52.6. The molecule has 0 fully saturated rings. The second-order valence-electron chi connectivity index (χ2n) is 9.35. The predicted molar refractivity (Wildman–Crippen MR) is 161 cm³/mol. The van der Waals surface area contributed by atoms with Gasteiger partial charge in [0.15, 0.2) is 0 Å². The molecule has 0 saturated heterocycles. The largest absolute Gasteiger partial charge is 0.135 e. The fourth-order valence-corrected chi connectivity index (χ4v) is 6.53. The molecule has 1 aromatic heterocycles. The Kier molecular flexibility index (Phi) is 5.42. The summed E-state index contributed by atoms with van der Waals surface area (Å²) < 4.78 is 2.69. The molecular formula is C36H24S. The number of fused-ring (bicyclic) bond motifs is 3. The number of hydrogen-bond acceptors (Lipinski definition) is 1. The van der Waals surface area contributed by atoms with Gasteiger partial charge in [-0.2, -0.15) is 0 Å². The van der Waals surface area contributed by atoms with Crippen LogP contribution in [-0.4, -0.2) is 0 Å². The van der Waals surface area contributed by atoms with Gasteiger partial charge in [0, 0.05) is 20.2 Å². The first-order valence-electron chi connectivity index (χ1n) is 12.6. The topological polar surface area (TPSA) is 0 Å². The van der Waals surface area contributed by atoms with Crippen LogP contribution in [0, 0.1) is 0 Å². The van der Waals surface area contributed by atoms with E-state index in [1.807, 2.05) is 11.3 Å². The smallest absolute Gasteiger partial charge is 0.0433 e. The molecule has 0 radical (unpaired) electrons. The van der Waals surface area contributed by atoms with Crippen molar-refractivity contribution in [1.29, 1.82) is 0 Å². The normalized spacial score (nSPS) is 11.2. The van der Waals surface area contributed by atoms with Crippen molar-refractivity contribution in [3.63, 3.8) is 0 Å². The van der Waals surface area contributed by atoms with E-state index < -0.39 is 0 Å². The molecule has 0 saturated carbocycles. The maximum Gasteiger partial charge on any atom is 0.0433 e. The summed E-state index contributed by atoms with van der Waals surface area (Å²) in [5.74, 6) is 0. The van der Waals surface area contributed by atoms with Crippen LogP contribution >= 0.6 is 11.3 Å². The summed E-state index contributed by atoms with van der Waals surface area (Å²) in [6.07, 6.45) is 0. The number of rotatable bonds is 4. The van der Waals surface area contributed by atoms with Crippen LogP contribution in [0.15, 0.2) is 146 Å². The van der Waals surface area contributed by atoms with Crippen LogP contribution in [0.25, 0.3) is 64.7 Å². The van der Waals surface area contributed by atoms with Gasteiger partial charge in [0.1, 0.15) is 0 Å². The molecule has 174 valence electrons. The van der Waals surface area contributed by atoms with E-state index in [2.05, 4.69) is 146 Å². The lowest BCUT2D eigenvalue weighted by molar-refractivity contribution is 1.56. The molecule has 0 nitrogen and oxygen atoms in total. The van der Waals surface area contributed by atoms with Crippen LogP contribution in [-0.2, 0) is 0 Å². The lowest BCUT2D eigenvalue weighted by Crippen LogP contribution is -1.88. The van der Waals surface area contributed by atoms with Crippen LogP contribution < -0.4 is 0 Å². The third-order valence-corrected chi connectivity index (χ3v) is 8.32. The molecular weight excluding hydrogens is 464 g/mol. The van der Waals surface area contributed by atoms with Gasteiger partial charge in [-0.25, -0.2) is 0 Å². The SMILES string of the molecule is c1ccc(-c2ccc(-c3cccc(-c4cccc5c4sc4ccccc45)c3)c(-c3ccccc3)c2)cc1. The first kappa shape index (κ1) is 21.8.